The second-order valence-electron chi connectivity index (χ2n) is 5.28. The fourth-order valence-corrected chi connectivity index (χ4v) is 2.63. The summed E-state index contributed by atoms with van der Waals surface area (Å²) in [5.74, 6) is 1.22. The van der Waals surface area contributed by atoms with Gasteiger partial charge in [0, 0.05) is 12.6 Å². The zero-order valence-corrected chi connectivity index (χ0v) is 10.5. The SMILES string of the molecule is CCC(NCC(O)C1CCCC1)C(C)C. The van der Waals surface area contributed by atoms with Crippen LogP contribution < -0.4 is 5.32 Å². The van der Waals surface area contributed by atoms with Crippen molar-refractivity contribution in [2.24, 2.45) is 11.8 Å². The van der Waals surface area contributed by atoms with Crippen molar-refractivity contribution >= 4 is 0 Å². The minimum absolute atomic E-state index is 0.125. The Balaban J connectivity index is 2.22. The smallest absolute Gasteiger partial charge is 0.0692 e. The Morgan fingerprint density at radius 1 is 1.27 bits per heavy atom. The summed E-state index contributed by atoms with van der Waals surface area (Å²) >= 11 is 0. The lowest BCUT2D eigenvalue weighted by molar-refractivity contribution is 0.103. The molecule has 0 radical (unpaired) electrons. The second-order valence-corrected chi connectivity index (χ2v) is 5.28. The Bertz CT molecular complexity index is 164. The van der Waals surface area contributed by atoms with Crippen LogP contribution in [0.15, 0.2) is 0 Å². The summed E-state index contributed by atoms with van der Waals surface area (Å²) < 4.78 is 0. The maximum Gasteiger partial charge on any atom is 0.0692 e. The van der Waals surface area contributed by atoms with Crippen LogP contribution in [0.2, 0.25) is 0 Å². The van der Waals surface area contributed by atoms with Gasteiger partial charge in [-0.1, -0.05) is 33.6 Å². The van der Waals surface area contributed by atoms with E-state index in [1.165, 1.54) is 25.7 Å². The molecule has 0 spiro atoms. The Morgan fingerprint density at radius 2 is 1.87 bits per heavy atom. The molecule has 0 heterocycles. The molecule has 2 unspecified atom stereocenters. The highest BCUT2D eigenvalue weighted by Gasteiger charge is 2.23. The first-order chi connectivity index (χ1) is 7.15. The Kier molecular flexibility index (Phi) is 5.62. The lowest BCUT2D eigenvalue weighted by Crippen LogP contribution is -2.40. The summed E-state index contributed by atoms with van der Waals surface area (Å²) in [5.41, 5.74) is 0. The normalized spacial score (nSPS) is 22.2. The molecule has 2 nitrogen and oxygen atoms in total. The number of hydrogen-bond acceptors (Lipinski definition) is 2. The molecule has 2 atom stereocenters. The zero-order valence-electron chi connectivity index (χ0n) is 10.5. The van der Waals surface area contributed by atoms with Gasteiger partial charge in [0.25, 0.3) is 0 Å². The highest BCUT2D eigenvalue weighted by Crippen LogP contribution is 2.27. The Hall–Kier alpha value is -0.0800. The first kappa shape index (κ1) is 13.0. The maximum atomic E-state index is 10.0. The van der Waals surface area contributed by atoms with Crippen LogP contribution >= 0.6 is 0 Å². The number of aliphatic hydroxyl groups is 1. The van der Waals surface area contributed by atoms with Crippen LogP contribution in [0.1, 0.15) is 52.9 Å². The van der Waals surface area contributed by atoms with Gasteiger partial charge in [0.2, 0.25) is 0 Å². The number of aliphatic hydroxyl groups excluding tert-OH is 1. The van der Waals surface area contributed by atoms with Crippen molar-refractivity contribution in [1.82, 2.24) is 5.32 Å². The predicted octanol–water partition coefficient (Wildman–Crippen LogP) is 2.56. The molecule has 1 fully saturated rings. The summed E-state index contributed by atoms with van der Waals surface area (Å²) in [6, 6.07) is 0.557. The standard InChI is InChI=1S/C13H27NO/c1-4-12(10(2)3)14-9-13(15)11-7-5-6-8-11/h10-15H,4-9H2,1-3H3. The van der Waals surface area contributed by atoms with Crippen molar-refractivity contribution in [3.05, 3.63) is 0 Å². The first-order valence-electron chi connectivity index (χ1n) is 6.56. The van der Waals surface area contributed by atoms with Gasteiger partial charge in [-0.2, -0.15) is 0 Å². The lowest BCUT2D eigenvalue weighted by Gasteiger charge is -2.25. The predicted molar refractivity (Wildman–Crippen MR) is 64.9 cm³/mol. The van der Waals surface area contributed by atoms with E-state index in [-0.39, 0.29) is 6.10 Å². The molecule has 0 amide bonds. The second kappa shape index (κ2) is 6.49. The van der Waals surface area contributed by atoms with Crippen molar-refractivity contribution in [2.75, 3.05) is 6.54 Å². The molecule has 0 bridgehead atoms. The van der Waals surface area contributed by atoms with Crippen molar-refractivity contribution in [3.8, 4) is 0 Å². The van der Waals surface area contributed by atoms with Gasteiger partial charge in [-0.05, 0) is 31.1 Å². The van der Waals surface area contributed by atoms with Gasteiger partial charge in [0.1, 0.15) is 0 Å². The molecule has 0 aliphatic heterocycles. The molecule has 0 aromatic heterocycles. The van der Waals surface area contributed by atoms with Crippen LogP contribution in [-0.4, -0.2) is 23.8 Å². The van der Waals surface area contributed by atoms with E-state index in [0.29, 0.717) is 17.9 Å². The zero-order chi connectivity index (χ0) is 11.3. The van der Waals surface area contributed by atoms with E-state index in [1.807, 2.05) is 0 Å². The molecular formula is C13H27NO. The Morgan fingerprint density at radius 3 is 2.33 bits per heavy atom. The maximum absolute atomic E-state index is 10.0. The molecule has 15 heavy (non-hydrogen) atoms. The molecule has 1 rings (SSSR count). The number of hydrogen-bond donors (Lipinski definition) is 2. The van der Waals surface area contributed by atoms with E-state index in [2.05, 4.69) is 26.1 Å². The third kappa shape index (κ3) is 4.12. The molecule has 90 valence electrons. The van der Waals surface area contributed by atoms with Crippen LogP contribution in [0.25, 0.3) is 0 Å². The summed E-state index contributed by atoms with van der Waals surface area (Å²) in [4.78, 5) is 0. The highest BCUT2D eigenvalue weighted by molar-refractivity contribution is 4.78. The third-order valence-electron chi connectivity index (χ3n) is 3.78. The molecule has 1 saturated carbocycles. The summed E-state index contributed by atoms with van der Waals surface area (Å²) in [5, 5.41) is 13.5. The van der Waals surface area contributed by atoms with Gasteiger partial charge < -0.3 is 10.4 Å². The van der Waals surface area contributed by atoms with E-state index in [0.717, 1.165) is 13.0 Å². The quantitative estimate of drug-likeness (QED) is 0.711. The van der Waals surface area contributed by atoms with Crippen LogP contribution in [0.3, 0.4) is 0 Å². The van der Waals surface area contributed by atoms with Crippen LogP contribution in [0.5, 0.6) is 0 Å². The molecular weight excluding hydrogens is 186 g/mol. The highest BCUT2D eigenvalue weighted by atomic mass is 16.3. The van der Waals surface area contributed by atoms with E-state index < -0.39 is 0 Å². The molecule has 0 aromatic rings. The average molecular weight is 213 g/mol. The van der Waals surface area contributed by atoms with E-state index in [4.69, 9.17) is 0 Å². The van der Waals surface area contributed by atoms with Gasteiger partial charge in [0.15, 0.2) is 0 Å². The molecule has 0 aromatic carbocycles. The van der Waals surface area contributed by atoms with Crippen molar-refractivity contribution < 1.29 is 5.11 Å². The van der Waals surface area contributed by atoms with Crippen LogP contribution in [-0.2, 0) is 0 Å². The van der Waals surface area contributed by atoms with Crippen molar-refractivity contribution in [2.45, 2.75) is 65.0 Å². The topological polar surface area (TPSA) is 32.3 Å². The molecule has 1 aliphatic rings. The van der Waals surface area contributed by atoms with E-state index in [9.17, 15) is 5.11 Å². The van der Waals surface area contributed by atoms with E-state index in [1.54, 1.807) is 0 Å². The fraction of sp³-hybridized carbons (Fsp3) is 1.00. The minimum Gasteiger partial charge on any atom is -0.392 e. The third-order valence-corrected chi connectivity index (χ3v) is 3.78. The molecule has 2 heteroatoms. The number of rotatable bonds is 6. The number of nitrogens with one attached hydrogen (secondary N) is 1. The van der Waals surface area contributed by atoms with Crippen LogP contribution in [0.4, 0.5) is 0 Å². The van der Waals surface area contributed by atoms with Gasteiger partial charge >= 0.3 is 0 Å². The monoisotopic (exact) mass is 213 g/mol. The first-order valence-corrected chi connectivity index (χ1v) is 6.56. The van der Waals surface area contributed by atoms with Crippen molar-refractivity contribution in [1.29, 1.82) is 0 Å². The van der Waals surface area contributed by atoms with Gasteiger partial charge in [-0.15, -0.1) is 0 Å². The van der Waals surface area contributed by atoms with Crippen molar-refractivity contribution in [3.63, 3.8) is 0 Å². The largest absolute Gasteiger partial charge is 0.392 e. The van der Waals surface area contributed by atoms with Gasteiger partial charge in [-0.3, -0.25) is 0 Å². The van der Waals surface area contributed by atoms with Gasteiger partial charge in [0.05, 0.1) is 6.10 Å². The molecule has 1 aliphatic carbocycles. The van der Waals surface area contributed by atoms with Crippen LogP contribution in [0, 0.1) is 11.8 Å². The molecule has 2 N–H and O–H groups in total. The molecule has 0 saturated heterocycles. The average Bonchev–Trinajstić information content (AvgIpc) is 2.70. The minimum atomic E-state index is -0.125. The fourth-order valence-electron chi connectivity index (χ4n) is 2.63. The Labute approximate surface area is 94.5 Å². The summed E-state index contributed by atoms with van der Waals surface area (Å²) in [6.45, 7) is 7.47. The summed E-state index contributed by atoms with van der Waals surface area (Å²) in [7, 11) is 0. The van der Waals surface area contributed by atoms with Gasteiger partial charge in [-0.25, -0.2) is 0 Å². The van der Waals surface area contributed by atoms with E-state index >= 15 is 0 Å². The lowest BCUT2D eigenvalue weighted by atomic mass is 9.98. The summed E-state index contributed by atoms with van der Waals surface area (Å²) in [6.07, 6.45) is 6.09.